The lowest BCUT2D eigenvalue weighted by Crippen LogP contribution is -2.55. The number of aliphatic hydroxyl groups is 1. The van der Waals surface area contributed by atoms with Crippen LogP contribution in [-0.4, -0.2) is 35.2 Å². The van der Waals surface area contributed by atoms with Crippen molar-refractivity contribution in [1.29, 1.82) is 0 Å². The van der Waals surface area contributed by atoms with Crippen molar-refractivity contribution in [3.8, 4) is 0 Å². The van der Waals surface area contributed by atoms with Gasteiger partial charge in [-0.2, -0.15) is 0 Å². The largest absolute Gasteiger partial charge is 0.396 e. The van der Waals surface area contributed by atoms with Crippen molar-refractivity contribution in [2.24, 2.45) is 50.4 Å². The lowest BCUT2D eigenvalue weighted by molar-refractivity contribution is -0.130. The average Bonchev–Trinajstić information content (AvgIpc) is 3.07. The molecule has 170 valence electrons. The highest BCUT2D eigenvalue weighted by Crippen LogP contribution is 2.68. The SMILES string of the molecule is CC(C)=NC1CC[C@@]2(C)C(CC[C@H]3[C@@H]4CC[C@H](C(C)N=C(C)C)[C@@]4(CO)CC[C@@H]32)C1. The maximum atomic E-state index is 10.7. The summed E-state index contributed by atoms with van der Waals surface area (Å²) in [5, 5.41) is 10.7. The van der Waals surface area contributed by atoms with Gasteiger partial charge in [0.05, 0.1) is 12.1 Å². The summed E-state index contributed by atoms with van der Waals surface area (Å²) in [4.78, 5) is 9.92. The van der Waals surface area contributed by atoms with E-state index < -0.39 is 0 Å². The smallest absolute Gasteiger partial charge is 0.0505 e. The van der Waals surface area contributed by atoms with Crippen molar-refractivity contribution in [3.63, 3.8) is 0 Å². The third kappa shape index (κ3) is 3.61. The molecule has 4 aliphatic carbocycles. The summed E-state index contributed by atoms with van der Waals surface area (Å²) in [6, 6.07) is 0.915. The Labute approximate surface area is 185 Å². The highest BCUT2D eigenvalue weighted by Gasteiger charge is 2.62. The quantitative estimate of drug-likeness (QED) is 0.536. The fraction of sp³-hybridized carbons (Fsp3) is 0.926. The van der Waals surface area contributed by atoms with Crippen molar-refractivity contribution in [2.45, 2.75) is 111 Å². The zero-order valence-corrected chi connectivity index (χ0v) is 20.5. The number of nitrogens with zero attached hydrogens (tertiary/aromatic N) is 2. The van der Waals surface area contributed by atoms with Crippen LogP contribution in [0.25, 0.3) is 0 Å². The average molecular weight is 415 g/mol. The van der Waals surface area contributed by atoms with E-state index in [0.29, 0.717) is 35.9 Å². The molecular formula is C27H46N2O. The van der Waals surface area contributed by atoms with Crippen LogP contribution in [-0.2, 0) is 0 Å². The van der Waals surface area contributed by atoms with E-state index in [1.807, 2.05) is 0 Å². The Morgan fingerprint density at radius 2 is 1.70 bits per heavy atom. The summed E-state index contributed by atoms with van der Waals surface area (Å²) in [6.07, 6.45) is 11.8. The number of rotatable bonds is 4. The number of hydrogen-bond donors (Lipinski definition) is 1. The van der Waals surface area contributed by atoms with Gasteiger partial charge in [0.15, 0.2) is 0 Å². The van der Waals surface area contributed by atoms with Gasteiger partial charge >= 0.3 is 0 Å². The normalized spacial score (nSPS) is 46.2. The second-order valence-corrected chi connectivity index (χ2v) is 12.1. The molecule has 0 aromatic heterocycles. The van der Waals surface area contributed by atoms with Crippen LogP contribution in [0.4, 0.5) is 0 Å². The van der Waals surface area contributed by atoms with Crippen LogP contribution < -0.4 is 0 Å². The Bertz CT molecular complexity index is 691. The topological polar surface area (TPSA) is 45.0 Å². The van der Waals surface area contributed by atoms with Crippen molar-refractivity contribution in [1.82, 2.24) is 0 Å². The number of hydrogen-bond acceptors (Lipinski definition) is 3. The lowest BCUT2D eigenvalue weighted by Gasteiger charge is -2.61. The molecule has 30 heavy (non-hydrogen) atoms. The van der Waals surface area contributed by atoms with Gasteiger partial charge in [-0.05, 0) is 127 Å². The van der Waals surface area contributed by atoms with Crippen LogP contribution in [0.15, 0.2) is 9.98 Å². The number of aliphatic imine (C=N–C) groups is 2. The van der Waals surface area contributed by atoms with Gasteiger partial charge < -0.3 is 5.11 Å². The maximum absolute atomic E-state index is 10.7. The van der Waals surface area contributed by atoms with Crippen molar-refractivity contribution in [3.05, 3.63) is 0 Å². The molecule has 0 bridgehead atoms. The Morgan fingerprint density at radius 3 is 2.37 bits per heavy atom. The molecule has 1 N–H and O–H groups in total. The molecule has 0 amide bonds. The van der Waals surface area contributed by atoms with Gasteiger partial charge in [-0.15, -0.1) is 0 Å². The first-order valence-corrected chi connectivity index (χ1v) is 12.8. The third-order valence-electron chi connectivity index (χ3n) is 10.2. The molecule has 3 unspecified atom stereocenters. The predicted octanol–water partition coefficient (Wildman–Crippen LogP) is 6.34. The minimum atomic E-state index is 0.129. The molecular weight excluding hydrogens is 368 g/mol. The van der Waals surface area contributed by atoms with E-state index in [4.69, 9.17) is 9.98 Å². The zero-order chi connectivity index (χ0) is 21.7. The molecule has 3 nitrogen and oxygen atoms in total. The molecule has 4 saturated carbocycles. The summed E-state index contributed by atoms with van der Waals surface area (Å²) >= 11 is 0. The van der Waals surface area contributed by atoms with Crippen LogP contribution in [0.3, 0.4) is 0 Å². The molecule has 0 saturated heterocycles. The molecule has 4 fully saturated rings. The predicted molar refractivity (Wildman–Crippen MR) is 127 cm³/mol. The van der Waals surface area contributed by atoms with Crippen molar-refractivity contribution in [2.75, 3.05) is 6.61 Å². The van der Waals surface area contributed by atoms with Gasteiger partial charge in [-0.3, -0.25) is 9.98 Å². The second kappa shape index (κ2) is 8.34. The summed E-state index contributed by atoms with van der Waals surface area (Å²) in [6.45, 7) is 13.9. The Hall–Kier alpha value is -0.700. The van der Waals surface area contributed by atoms with Crippen LogP contribution in [0.1, 0.15) is 99.3 Å². The molecule has 0 aromatic carbocycles. The molecule has 0 aliphatic heterocycles. The standard InChI is InChI=1S/C27H46N2O/c1-17(2)28-19(5)23-9-10-25-22-8-7-20-15-21(29-18(3)4)11-13-26(20,6)24(22)12-14-27(23,25)16-30/h19-25,30H,7-16H2,1-6H3/t19?,20?,21?,22-,23-,24+,25+,26+,27+/m1/s1. The van der Waals surface area contributed by atoms with Crippen LogP contribution in [0, 0.1) is 40.4 Å². The van der Waals surface area contributed by atoms with Gasteiger partial charge in [0.25, 0.3) is 0 Å². The summed E-state index contributed by atoms with van der Waals surface area (Å²) in [7, 11) is 0. The van der Waals surface area contributed by atoms with Gasteiger partial charge in [0.1, 0.15) is 0 Å². The third-order valence-corrected chi connectivity index (χ3v) is 10.2. The van der Waals surface area contributed by atoms with Crippen molar-refractivity contribution < 1.29 is 5.11 Å². The molecule has 4 rings (SSSR count). The molecule has 0 aromatic rings. The highest BCUT2D eigenvalue weighted by molar-refractivity contribution is 5.79. The van der Waals surface area contributed by atoms with Crippen LogP contribution in [0.2, 0.25) is 0 Å². The summed E-state index contributed by atoms with van der Waals surface area (Å²) in [5.74, 6) is 3.81. The molecule has 9 atom stereocenters. The fourth-order valence-electron chi connectivity index (χ4n) is 9.10. The van der Waals surface area contributed by atoms with Crippen LogP contribution >= 0.6 is 0 Å². The first-order chi connectivity index (χ1) is 14.2. The van der Waals surface area contributed by atoms with E-state index in [9.17, 15) is 5.11 Å². The summed E-state index contributed by atoms with van der Waals surface area (Å²) in [5.41, 5.74) is 3.06. The molecule has 4 aliphatic rings. The van der Waals surface area contributed by atoms with E-state index in [2.05, 4.69) is 41.5 Å². The summed E-state index contributed by atoms with van der Waals surface area (Å²) < 4.78 is 0. The van der Waals surface area contributed by atoms with Gasteiger partial charge in [0, 0.05) is 23.4 Å². The van der Waals surface area contributed by atoms with Gasteiger partial charge in [-0.1, -0.05) is 6.92 Å². The van der Waals surface area contributed by atoms with E-state index in [-0.39, 0.29) is 5.41 Å². The molecule has 3 heteroatoms. The van der Waals surface area contributed by atoms with E-state index >= 15 is 0 Å². The Kier molecular flexibility index (Phi) is 6.25. The number of aliphatic hydroxyl groups excluding tert-OH is 1. The minimum absolute atomic E-state index is 0.129. The van der Waals surface area contributed by atoms with E-state index in [1.165, 1.54) is 69.2 Å². The van der Waals surface area contributed by atoms with Gasteiger partial charge in [0.2, 0.25) is 0 Å². The first kappa shape index (κ1) is 22.5. The van der Waals surface area contributed by atoms with E-state index in [0.717, 1.165) is 17.8 Å². The zero-order valence-electron chi connectivity index (χ0n) is 20.5. The maximum Gasteiger partial charge on any atom is 0.0505 e. The highest BCUT2D eigenvalue weighted by atomic mass is 16.3. The van der Waals surface area contributed by atoms with E-state index in [1.54, 1.807) is 0 Å². The van der Waals surface area contributed by atoms with Gasteiger partial charge in [-0.25, -0.2) is 0 Å². The van der Waals surface area contributed by atoms with Crippen molar-refractivity contribution >= 4 is 11.4 Å². The first-order valence-electron chi connectivity index (χ1n) is 12.8. The molecule has 0 radical (unpaired) electrons. The second-order valence-electron chi connectivity index (χ2n) is 12.1. The minimum Gasteiger partial charge on any atom is -0.396 e. The Morgan fingerprint density at radius 1 is 0.933 bits per heavy atom. The Balaban J connectivity index is 1.56. The molecule has 0 spiro atoms. The fourth-order valence-corrected chi connectivity index (χ4v) is 9.10. The lowest BCUT2D eigenvalue weighted by atomic mass is 9.44. The molecule has 0 heterocycles. The monoisotopic (exact) mass is 414 g/mol. The number of fused-ring (bicyclic) bond motifs is 5. The van der Waals surface area contributed by atoms with Crippen LogP contribution in [0.5, 0.6) is 0 Å².